The molecule has 0 N–H and O–H groups in total. The van der Waals surface area contributed by atoms with Gasteiger partial charge in [-0.15, -0.1) is 0 Å². The number of hydrogen-bond donors (Lipinski definition) is 0. The molecule has 1 saturated carbocycles. The molecule has 0 bridgehead atoms. The van der Waals surface area contributed by atoms with Gasteiger partial charge in [0.15, 0.2) is 5.15 Å². The summed E-state index contributed by atoms with van der Waals surface area (Å²) in [5, 5.41) is 0.118. The van der Waals surface area contributed by atoms with Gasteiger partial charge >= 0.3 is 0 Å². The molecule has 1 fully saturated rings. The van der Waals surface area contributed by atoms with Gasteiger partial charge in [0.25, 0.3) is 0 Å². The first-order valence-electron chi connectivity index (χ1n) is 8.27. The summed E-state index contributed by atoms with van der Waals surface area (Å²) in [6.45, 7) is 1.63. The fraction of sp³-hybridized carbons (Fsp3) is 0.688. The van der Waals surface area contributed by atoms with Crippen molar-refractivity contribution in [1.29, 1.82) is 0 Å². The van der Waals surface area contributed by atoms with Gasteiger partial charge in [-0.05, 0) is 45.0 Å². The van der Waals surface area contributed by atoms with E-state index >= 15 is 0 Å². The Morgan fingerprint density at radius 3 is 2.38 bits per heavy atom. The van der Waals surface area contributed by atoms with E-state index < -0.39 is 10.0 Å². The highest BCUT2D eigenvalue weighted by Crippen LogP contribution is 2.29. The van der Waals surface area contributed by atoms with E-state index in [1.54, 1.807) is 4.31 Å². The SMILES string of the molecule is CN(C)CCN(CC1CCCCC1)S(=O)(=O)c1ccc(Cl)nc1Cl. The van der Waals surface area contributed by atoms with Gasteiger partial charge in [0.1, 0.15) is 10.0 Å². The normalized spacial score (nSPS) is 16.9. The lowest BCUT2D eigenvalue weighted by atomic mass is 9.89. The van der Waals surface area contributed by atoms with Crippen molar-refractivity contribution in [1.82, 2.24) is 14.2 Å². The Labute approximate surface area is 155 Å². The van der Waals surface area contributed by atoms with Crippen LogP contribution in [0.15, 0.2) is 17.0 Å². The zero-order chi connectivity index (χ0) is 17.7. The van der Waals surface area contributed by atoms with E-state index in [1.165, 1.54) is 31.4 Å². The molecule has 1 heterocycles. The van der Waals surface area contributed by atoms with Crippen LogP contribution in [0.4, 0.5) is 0 Å². The molecule has 0 radical (unpaired) electrons. The van der Waals surface area contributed by atoms with E-state index in [4.69, 9.17) is 23.2 Å². The third-order valence-electron chi connectivity index (χ3n) is 4.38. The van der Waals surface area contributed by atoms with Crippen molar-refractivity contribution in [3.8, 4) is 0 Å². The molecule has 0 aromatic carbocycles. The Bertz CT molecular complexity index is 647. The molecule has 8 heteroatoms. The van der Waals surface area contributed by atoms with Gasteiger partial charge in [0.2, 0.25) is 10.0 Å². The molecule has 1 aliphatic carbocycles. The van der Waals surface area contributed by atoms with Crippen molar-refractivity contribution < 1.29 is 8.42 Å². The van der Waals surface area contributed by atoms with E-state index in [1.807, 2.05) is 19.0 Å². The van der Waals surface area contributed by atoms with Crippen LogP contribution >= 0.6 is 23.2 Å². The Kier molecular flexibility index (Phi) is 7.31. The molecule has 0 amide bonds. The third kappa shape index (κ3) is 5.30. The summed E-state index contributed by atoms with van der Waals surface area (Å²) >= 11 is 11.8. The molecule has 5 nitrogen and oxygen atoms in total. The summed E-state index contributed by atoms with van der Waals surface area (Å²) in [5.74, 6) is 0.412. The zero-order valence-corrected chi connectivity index (χ0v) is 16.5. The van der Waals surface area contributed by atoms with E-state index in [9.17, 15) is 8.42 Å². The number of aromatic nitrogens is 1. The molecular weight excluding hydrogens is 369 g/mol. The van der Waals surface area contributed by atoms with Crippen LogP contribution in [0.5, 0.6) is 0 Å². The molecule has 1 aromatic rings. The van der Waals surface area contributed by atoms with E-state index in [2.05, 4.69) is 4.98 Å². The van der Waals surface area contributed by atoms with Crippen molar-refractivity contribution in [2.24, 2.45) is 5.92 Å². The fourth-order valence-electron chi connectivity index (χ4n) is 3.01. The minimum Gasteiger partial charge on any atom is -0.308 e. The highest BCUT2D eigenvalue weighted by molar-refractivity contribution is 7.89. The molecule has 0 spiro atoms. The van der Waals surface area contributed by atoms with Crippen LogP contribution in [0, 0.1) is 5.92 Å². The van der Waals surface area contributed by atoms with Crippen molar-refractivity contribution in [3.63, 3.8) is 0 Å². The Morgan fingerprint density at radius 2 is 1.79 bits per heavy atom. The molecule has 24 heavy (non-hydrogen) atoms. The van der Waals surface area contributed by atoms with Crippen LogP contribution in [-0.4, -0.2) is 56.3 Å². The van der Waals surface area contributed by atoms with Gasteiger partial charge in [-0.1, -0.05) is 42.5 Å². The number of rotatable bonds is 7. The molecule has 2 rings (SSSR count). The van der Waals surface area contributed by atoms with Gasteiger partial charge in [-0.3, -0.25) is 0 Å². The van der Waals surface area contributed by atoms with Crippen LogP contribution in [-0.2, 0) is 10.0 Å². The standard InChI is InChI=1S/C16H25Cl2N3O2S/c1-20(2)10-11-21(12-13-6-4-3-5-7-13)24(22,23)14-8-9-15(17)19-16(14)18/h8-9,13H,3-7,10-12H2,1-2H3. The summed E-state index contributed by atoms with van der Waals surface area (Å²) in [7, 11) is 0.176. The lowest BCUT2D eigenvalue weighted by Gasteiger charge is -2.30. The van der Waals surface area contributed by atoms with Crippen LogP contribution in [0.2, 0.25) is 10.3 Å². The molecule has 0 unspecified atom stereocenters. The van der Waals surface area contributed by atoms with Crippen molar-refractivity contribution >= 4 is 33.2 Å². The third-order valence-corrected chi connectivity index (χ3v) is 6.89. The Morgan fingerprint density at radius 1 is 1.12 bits per heavy atom. The first kappa shape index (κ1) is 19.9. The van der Waals surface area contributed by atoms with E-state index in [-0.39, 0.29) is 15.2 Å². The number of nitrogens with zero attached hydrogens (tertiary/aromatic N) is 3. The largest absolute Gasteiger partial charge is 0.308 e. The maximum absolute atomic E-state index is 13.1. The Hall–Kier alpha value is -0.400. The molecule has 1 aromatic heterocycles. The van der Waals surface area contributed by atoms with Crippen LogP contribution in [0.1, 0.15) is 32.1 Å². The summed E-state index contributed by atoms with van der Waals surface area (Å²) in [5.41, 5.74) is 0. The molecular formula is C16H25Cl2N3O2S. The summed E-state index contributed by atoms with van der Waals surface area (Å²) < 4.78 is 27.7. The van der Waals surface area contributed by atoms with Crippen LogP contribution < -0.4 is 0 Å². The average Bonchev–Trinajstić information content (AvgIpc) is 2.51. The van der Waals surface area contributed by atoms with E-state index in [0.29, 0.717) is 25.6 Å². The Balaban J connectivity index is 2.25. The fourth-order valence-corrected chi connectivity index (χ4v) is 5.15. The number of likely N-dealkylation sites (N-methyl/N-ethyl adjacent to an activating group) is 1. The topological polar surface area (TPSA) is 53.5 Å². The molecule has 136 valence electrons. The van der Waals surface area contributed by atoms with E-state index in [0.717, 1.165) is 12.8 Å². The van der Waals surface area contributed by atoms with Gasteiger partial charge < -0.3 is 4.90 Å². The van der Waals surface area contributed by atoms with Crippen LogP contribution in [0.3, 0.4) is 0 Å². The summed E-state index contributed by atoms with van der Waals surface area (Å²) in [6.07, 6.45) is 5.76. The molecule has 0 saturated heterocycles. The zero-order valence-electron chi connectivity index (χ0n) is 14.2. The van der Waals surface area contributed by atoms with Crippen molar-refractivity contribution in [3.05, 3.63) is 22.4 Å². The predicted octanol–water partition coefficient (Wildman–Crippen LogP) is 3.52. The lowest BCUT2D eigenvalue weighted by Crippen LogP contribution is -2.40. The second-order valence-electron chi connectivity index (χ2n) is 6.59. The lowest BCUT2D eigenvalue weighted by molar-refractivity contribution is 0.261. The number of pyridine rings is 1. The van der Waals surface area contributed by atoms with Crippen molar-refractivity contribution in [2.75, 3.05) is 33.7 Å². The first-order chi connectivity index (χ1) is 11.3. The highest BCUT2D eigenvalue weighted by Gasteiger charge is 2.30. The number of halogens is 2. The first-order valence-corrected chi connectivity index (χ1v) is 10.5. The van der Waals surface area contributed by atoms with Gasteiger partial charge in [-0.25, -0.2) is 13.4 Å². The van der Waals surface area contributed by atoms with Crippen molar-refractivity contribution in [2.45, 2.75) is 37.0 Å². The monoisotopic (exact) mass is 393 g/mol. The maximum atomic E-state index is 13.1. The minimum absolute atomic E-state index is 0.0307. The number of sulfonamides is 1. The second-order valence-corrected chi connectivity index (χ2v) is 9.24. The molecule has 1 aliphatic rings. The summed E-state index contributed by atoms with van der Waals surface area (Å²) in [6, 6.07) is 2.90. The average molecular weight is 394 g/mol. The van der Waals surface area contributed by atoms with Crippen LogP contribution in [0.25, 0.3) is 0 Å². The molecule has 0 atom stereocenters. The van der Waals surface area contributed by atoms with Gasteiger partial charge in [0, 0.05) is 19.6 Å². The van der Waals surface area contributed by atoms with Gasteiger partial charge in [0.05, 0.1) is 0 Å². The molecule has 0 aliphatic heterocycles. The maximum Gasteiger partial charge on any atom is 0.246 e. The highest BCUT2D eigenvalue weighted by atomic mass is 35.5. The minimum atomic E-state index is -3.69. The quantitative estimate of drug-likeness (QED) is 0.664. The number of hydrogen-bond acceptors (Lipinski definition) is 4. The second kappa shape index (κ2) is 8.81. The summed E-state index contributed by atoms with van der Waals surface area (Å²) in [4.78, 5) is 5.89. The predicted molar refractivity (Wildman–Crippen MR) is 98.1 cm³/mol. The van der Waals surface area contributed by atoms with Gasteiger partial charge in [-0.2, -0.15) is 4.31 Å². The smallest absolute Gasteiger partial charge is 0.246 e.